The van der Waals surface area contributed by atoms with Crippen LogP contribution in [0.2, 0.25) is 0 Å². The number of carbonyl (C=O) groups is 1. The monoisotopic (exact) mass is 447 g/mol. The average molecular weight is 448 g/mol. The van der Waals surface area contributed by atoms with Crippen molar-refractivity contribution in [2.75, 3.05) is 0 Å². The van der Waals surface area contributed by atoms with E-state index in [1.165, 1.54) is 44.2 Å². The van der Waals surface area contributed by atoms with Gasteiger partial charge in [0.25, 0.3) is 5.91 Å². The zero-order chi connectivity index (χ0) is 21.9. The van der Waals surface area contributed by atoms with E-state index in [1.807, 2.05) is 6.07 Å². The second-order valence-corrected chi connectivity index (χ2v) is 10.4. The largest absolute Gasteiger partial charge is 0.321 e. The van der Waals surface area contributed by atoms with Gasteiger partial charge in [0.15, 0.2) is 5.17 Å². The fourth-order valence-electron chi connectivity index (χ4n) is 5.30. The lowest BCUT2D eigenvalue weighted by Gasteiger charge is -2.31. The summed E-state index contributed by atoms with van der Waals surface area (Å²) >= 11 is 1.60. The molecule has 0 radical (unpaired) electrons. The molecule has 32 heavy (non-hydrogen) atoms. The minimum atomic E-state index is 0.154. The van der Waals surface area contributed by atoms with Gasteiger partial charge in [-0.2, -0.15) is 0 Å². The predicted octanol–water partition coefficient (Wildman–Crippen LogP) is 6.72. The lowest BCUT2D eigenvalue weighted by molar-refractivity contribution is -0.124. The first-order chi connectivity index (χ1) is 15.7. The molecule has 0 N–H and O–H groups in total. The maximum atomic E-state index is 13.6. The Morgan fingerprint density at radius 1 is 0.969 bits per heavy atom. The van der Waals surface area contributed by atoms with Crippen LogP contribution in [-0.4, -0.2) is 32.6 Å². The van der Waals surface area contributed by atoms with Gasteiger partial charge in [0.2, 0.25) is 0 Å². The van der Waals surface area contributed by atoms with Gasteiger partial charge in [0.05, 0.1) is 10.9 Å². The number of aryl methyl sites for hydroxylation is 1. The first-order valence-electron chi connectivity index (χ1n) is 12.2. The van der Waals surface area contributed by atoms with Crippen LogP contribution in [0, 0.1) is 6.92 Å². The Labute approximate surface area is 195 Å². The molecule has 1 aliphatic heterocycles. The Morgan fingerprint density at radius 3 is 2.38 bits per heavy atom. The van der Waals surface area contributed by atoms with Crippen LogP contribution in [0.4, 0.5) is 0 Å². The maximum absolute atomic E-state index is 13.6. The van der Waals surface area contributed by atoms with E-state index in [1.54, 1.807) is 11.8 Å². The van der Waals surface area contributed by atoms with Crippen molar-refractivity contribution >= 4 is 28.9 Å². The second kappa shape index (κ2) is 9.70. The quantitative estimate of drug-likeness (QED) is 0.488. The Balaban J connectivity index is 1.44. The van der Waals surface area contributed by atoms with E-state index in [9.17, 15) is 4.79 Å². The van der Waals surface area contributed by atoms with E-state index >= 15 is 0 Å². The van der Waals surface area contributed by atoms with Crippen molar-refractivity contribution < 1.29 is 4.79 Å². The number of benzene rings is 1. The van der Waals surface area contributed by atoms with Crippen LogP contribution in [0.5, 0.6) is 0 Å². The summed E-state index contributed by atoms with van der Waals surface area (Å²) in [6.45, 7) is 2.11. The summed E-state index contributed by atoms with van der Waals surface area (Å²) in [6.07, 6.45) is 16.3. The van der Waals surface area contributed by atoms with Crippen LogP contribution >= 0.6 is 11.8 Å². The summed E-state index contributed by atoms with van der Waals surface area (Å²) < 4.78 is 2.19. The highest BCUT2D eigenvalue weighted by atomic mass is 32.2. The number of rotatable bonds is 4. The van der Waals surface area contributed by atoms with Crippen molar-refractivity contribution in [3.63, 3.8) is 0 Å². The molecule has 3 fully saturated rings. The Bertz CT molecular complexity index is 1010. The minimum Gasteiger partial charge on any atom is -0.321 e. The molecule has 5 heteroatoms. The molecule has 2 heterocycles. The molecule has 2 aromatic rings. The first-order valence-corrected chi connectivity index (χ1v) is 13.1. The highest BCUT2D eigenvalue weighted by molar-refractivity contribution is 8.18. The molecule has 0 bridgehead atoms. The Kier molecular flexibility index (Phi) is 6.54. The van der Waals surface area contributed by atoms with E-state index < -0.39 is 0 Å². The summed E-state index contributed by atoms with van der Waals surface area (Å²) in [5, 5.41) is 0.958. The fraction of sp³-hybridized carbons (Fsp3) is 0.481. The smallest absolute Gasteiger partial charge is 0.267 e. The molecular formula is C27H33N3OS. The van der Waals surface area contributed by atoms with Crippen LogP contribution in [0.3, 0.4) is 0 Å². The van der Waals surface area contributed by atoms with Crippen molar-refractivity contribution in [1.82, 2.24) is 9.47 Å². The molecule has 168 valence electrons. The van der Waals surface area contributed by atoms with E-state index in [-0.39, 0.29) is 5.91 Å². The van der Waals surface area contributed by atoms with Crippen LogP contribution in [0.25, 0.3) is 11.8 Å². The van der Waals surface area contributed by atoms with E-state index in [4.69, 9.17) is 4.99 Å². The van der Waals surface area contributed by atoms with Gasteiger partial charge in [-0.1, -0.05) is 56.7 Å². The number of aromatic nitrogens is 1. The molecule has 5 rings (SSSR count). The van der Waals surface area contributed by atoms with Gasteiger partial charge >= 0.3 is 0 Å². The highest BCUT2D eigenvalue weighted by Gasteiger charge is 2.39. The second-order valence-electron chi connectivity index (χ2n) is 9.40. The lowest BCUT2D eigenvalue weighted by Crippen LogP contribution is -2.41. The van der Waals surface area contributed by atoms with Crippen molar-refractivity contribution in [3.05, 3.63) is 58.8 Å². The topological polar surface area (TPSA) is 37.6 Å². The van der Waals surface area contributed by atoms with Crippen molar-refractivity contribution in [2.45, 2.75) is 83.2 Å². The number of carbonyl (C=O) groups excluding carboxylic acids is 1. The normalized spacial score (nSPS) is 23.5. The van der Waals surface area contributed by atoms with Crippen LogP contribution in [-0.2, 0) is 4.79 Å². The van der Waals surface area contributed by atoms with E-state index in [0.29, 0.717) is 12.1 Å². The van der Waals surface area contributed by atoms with Crippen molar-refractivity contribution in [3.8, 4) is 5.69 Å². The molecule has 1 aromatic carbocycles. The number of hydrogen-bond donors (Lipinski definition) is 0. The minimum absolute atomic E-state index is 0.154. The van der Waals surface area contributed by atoms with Gasteiger partial charge in [-0.25, -0.2) is 0 Å². The zero-order valence-corrected chi connectivity index (χ0v) is 19.8. The molecular weight excluding hydrogens is 414 g/mol. The Hall–Kier alpha value is -2.27. The number of thioether (sulfide) groups is 1. The van der Waals surface area contributed by atoms with Crippen molar-refractivity contribution in [2.24, 2.45) is 4.99 Å². The van der Waals surface area contributed by atoms with Crippen LogP contribution in [0.15, 0.2) is 52.5 Å². The SMILES string of the molecule is Cc1cc(/C=C2/SC(=NC3CCCCC3)N(C3CCCCC3)C2=O)cn1-c1ccccc1. The number of nitrogens with zero attached hydrogens (tertiary/aromatic N) is 3. The molecule has 3 aliphatic rings. The van der Waals surface area contributed by atoms with Gasteiger partial charge in [-0.3, -0.25) is 14.7 Å². The van der Waals surface area contributed by atoms with Gasteiger partial charge in [0, 0.05) is 23.6 Å². The lowest BCUT2D eigenvalue weighted by atomic mass is 9.94. The van der Waals surface area contributed by atoms with Gasteiger partial charge in [0.1, 0.15) is 0 Å². The van der Waals surface area contributed by atoms with Gasteiger partial charge in [-0.05, 0) is 74.2 Å². The summed E-state index contributed by atoms with van der Waals surface area (Å²) in [4.78, 5) is 21.6. The number of aliphatic imine (C=N–C) groups is 1. The third-order valence-electron chi connectivity index (χ3n) is 7.01. The molecule has 0 spiro atoms. The molecule has 1 amide bonds. The summed E-state index contributed by atoms with van der Waals surface area (Å²) in [6, 6.07) is 13.2. The maximum Gasteiger partial charge on any atom is 0.267 e. The summed E-state index contributed by atoms with van der Waals surface area (Å²) in [5.74, 6) is 0.154. The molecule has 2 aliphatic carbocycles. The molecule has 4 nitrogen and oxygen atoms in total. The average Bonchev–Trinajstić information content (AvgIpc) is 3.34. The zero-order valence-electron chi connectivity index (χ0n) is 19.0. The van der Waals surface area contributed by atoms with Gasteiger partial charge < -0.3 is 4.57 Å². The highest BCUT2D eigenvalue weighted by Crippen LogP contribution is 2.38. The third kappa shape index (κ3) is 4.59. The summed E-state index contributed by atoms with van der Waals surface area (Å²) in [5.41, 5.74) is 3.38. The summed E-state index contributed by atoms with van der Waals surface area (Å²) in [7, 11) is 0. The van der Waals surface area contributed by atoms with Gasteiger partial charge in [-0.15, -0.1) is 0 Å². The number of amides is 1. The fourth-order valence-corrected chi connectivity index (χ4v) is 6.41. The Morgan fingerprint density at radius 2 is 1.66 bits per heavy atom. The third-order valence-corrected chi connectivity index (χ3v) is 8.01. The first kappa shape index (κ1) is 21.6. The standard InChI is InChI=1S/C27H33N3OS/c1-20-17-21(19-29(20)23-13-7-3-8-14-23)18-25-26(31)30(24-15-9-4-10-16-24)27(32-25)28-22-11-5-2-6-12-22/h3,7-8,13-14,17-19,22,24H,2,4-6,9-12,15-16H2,1H3/b25-18+,28-27?. The number of para-hydroxylation sites is 1. The molecule has 2 saturated carbocycles. The number of amidine groups is 1. The van der Waals surface area contributed by atoms with Crippen LogP contribution < -0.4 is 0 Å². The van der Waals surface area contributed by atoms with E-state index in [0.717, 1.165) is 47.0 Å². The molecule has 1 saturated heterocycles. The molecule has 0 atom stereocenters. The van der Waals surface area contributed by atoms with E-state index in [2.05, 4.69) is 59.0 Å². The van der Waals surface area contributed by atoms with Crippen molar-refractivity contribution in [1.29, 1.82) is 0 Å². The molecule has 0 unspecified atom stereocenters. The predicted molar refractivity (Wildman–Crippen MR) is 134 cm³/mol. The van der Waals surface area contributed by atoms with Crippen LogP contribution in [0.1, 0.15) is 75.5 Å². The molecule has 1 aromatic heterocycles. The number of hydrogen-bond acceptors (Lipinski definition) is 3.